The number of nitrogens with one attached hydrogen (secondary N) is 1. The number of pyridine rings is 1. The van der Waals surface area contributed by atoms with E-state index in [2.05, 4.69) is 10.3 Å². The molecule has 2 aromatic rings. The van der Waals surface area contributed by atoms with Crippen LogP contribution in [-0.4, -0.2) is 4.98 Å². The molecule has 1 heterocycles. The van der Waals surface area contributed by atoms with Crippen molar-refractivity contribution in [3.05, 3.63) is 64.7 Å². The lowest BCUT2D eigenvalue weighted by molar-refractivity contribution is 0.565. The van der Waals surface area contributed by atoms with Crippen LogP contribution in [0.1, 0.15) is 24.1 Å². The summed E-state index contributed by atoms with van der Waals surface area (Å²) in [4.78, 5) is 3.96. The Morgan fingerprint density at radius 3 is 2.67 bits per heavy atom. The van der Waals surface area contributed by atoms with E-state index in [1.54, 1.807) is 18.5 Å². The van der Waals surface area contributed by atoms with E-state index in [1.807, 2.05) is 25.1 Å². The van der Waals surface area contributed by atoms with Gasteiger partial charge >= 0.3 is 0 Å². The standard InChI is InChI=1S/C14H14ClFN2/c1-10(12-2-3-13(15)14(16)8-12)18-9-11-4-6-17-7-5-11/h2-8,10,18H,9H2,1H3. The van der Waals surface area contributed by atoms with E-state index in [-0.39, 0.29) is 16.9 Å². The van der Waals surface area contributed by atoms with Gasteiger partial charge in [-0.15, -0.1) is 0 Å². The summed E-state index contributed by atoms with van der Waals surface area (Å²) in [6.07, 6.45) is 3.51. The molecule has 0 radical (unpaired) electrons. The molecule has 0 fully saturated rings. The summed E-state index contributed by atoms with van der Waals surface area (Å²) in [5.74, 6) is -0.383. The first-order valence-electron chi connectivity index (χ1n) is 5.74. The van der Waals surface area contributed by atoms with E-state index < -0.39 is 0 Å². The van der Waals surface area contributed by atoms with Gasteiger partial charge in [-0.1, -0.05) is 17.7 Å². The van der Waals surface area contributed by atoms with Gasteiger partial charge in [0.25, 0.3) is 0 Å². The van der Waals surface area contributed by atoms with Gasteiger partial charge in [0, 0.05) is 25.0 Å². The molecule has 4 heteroatoms. The highest BCUT2D eigenvalue weighted by atomic mass is 35.5. The zero-order chi connectivity index (χ0) is 13.0. The molecule has 0 saturated heterocycles. The number of rotatable bonds is 4. The molecular weight excluding hydrogens is 251 g/mol. The normalized spacial score (nSPS) is 12.4. The maximum absolute atomic E-state index is 13.3. The molecular formula is C14H14ClFN2. The summed E-state index contributed by atoms with van der Waals surface area (Å²) in [6, 6.07) is 8.83. The molecule has 1 aromatic carbocycles. The quantitative estimate of drug-likeness (QED) is 0.910. The summed E-state index contributed by atoms with van der Waals surface area (Å²) in [7, 11) is 0. The molecule has 2 rings (SSSR count). The second-order valence-electron chi connectivity index (χ2n) is 4.13. The Labute approximate surface area is 111 Å². The maximum atomic E-state index is 13.3. The predicted octanol–water partition coefficient (Wildman–Crippen LogP) is 3.72. The molecule has 2 nitrogen and oxygen atoms in total. The minimum atomic E-state index is -0.383. The van der Waals surface area contributed by atoms with E-state index >= 15 is 0 Å². The molecule has 0 aliphatic heterocycles. The fourth-order valence-electron chi connectivity index (χ4n) is 1.67. The van der Waals surface area contributed by atoms with E-state index in [9.17, 15) is 4.39 Å². The van der Waals surface area contributed by atoms with E-state index in [1.165, 1.54) is 6.07 Å². The SMILES string of the molecule is CC(NCc1ccncc1)c1ccc(Cl)c(F)c1. The van der Waals surface area contributed by atoms with Crippen LogP contribution in [0.15, 0.2) is 42.7 Å². The highest BCUT2D eigenvalue weighted by Gasteiger charge is 2.07. The van der Waals surface area contributed by atoms with Crippen LogP contribution >= 0.6 is 11.6 Å². The number of benzene rings is 1. The summed E-state index contributed by atoms with van der Waals surface area (Å²) < 4.78 is 13.3. The van der Waals surface area contributed by atoms with Gasteiger partial charge in [-0.25, -0.2) is 4.39 Å². The van der Waals surface area contributed by atoms with Crippen LogP contribution in [0.3, 0.4) is 0 Å². The fraction of sp³-hybridized carbons (Fsp3) is 0.214. The lowest BCUT2D eigenvalue weighted by Gasteiger charge is -2.14. The van der Waals surface area contributed by atoms with Crippen LogP contribution in [0.2, 0.25) is 5.02 Å². The first-order valence-corrected chi connectivity index (χ1v) is 6.12. The maximum Gasteiger partial charge on any atom is 0.142 e. The van der Waals surface area contributed by atoms with E-state index in [0.717, 1.165) is 11.1 Å². The Kier molecular flexibility index (Phi) is 4.28. The van der Waals surface area contributed by atoms with Crippen LogP contribution in [0, 0.1) is 5.82 Å². The van der Waals surface area contributed by atoms with Crippen molar-refractivity contribution < 1.29 is 4.39 Å². The van der Waals surface area contributed by atoms with Crippen molar-refractivity contribution in [3.8, 4) is 0 Å². The van der Waals surface area contributed by atoms with E-state index in [0.29, 0.717) is 6.54 Å². The van der Waals surface area contributed by atoms with Crippen LogP contribution in [0.4, 0.5) is 4.39 Å². The molecule has 1 aromatic heterocycles. The number of hydrogen-bond donors (Lipinski definition) is 1. The smallest absolute Gasteiger partial charge is 0.142 e. The van der Waals surface area contributed by atoms with Gasteiger partial charge in [0.15, 0.2) is 0 Å². The van der Waals surface area contributed by atoms with Gasteiger partial charge in [-0.05, 0) is 42.3 Å². The Hall–Kier alpha value is -1.45. The van der Waals surface area contributed by atoms with Crippen LogP contribution < -0.4 is 5.32 Å². The Morgan fingerprint density at radius 1 is 1.28 bits per heavy atom. The largest absolute Gasteiger partial charge is 0.306 e. The molecule has 0 aliphatic rings. The Morgan fingerprint density at radius 2 is 2.00 bits per heavy atom. The molecule has 0 bridgehead atoms. The molecule has 1 N–H and O–H groups in total. The van der Waals surface area contributed by atoms with Gasteiger partial charge < -0.3 is 5.32 Å². The molecule has 1 atom stereocenters. The highest BCUT2D eigenvalue weighted by molar-refractivity contribution is 6.30. The third-order valence-corrected chi connectivity index (χ3v) is 3.11. The third-order valence-electron chi connectivity index (χ3n) is 2.81. The summed E-state index contributed by atoms with van der Waals surface area (Å²) in [6.45, 7) is 2.71. The Balaban J connectivity index is 1.99. The monoisotopic (exact) mass is 264 g/mol. The predicted molar refractivity (Wildman–Crippen MR) is 70.9 cm³/mol. The van der Waals surface area contributed by atoms with Crippen LogP contribution in [0.25, 0.3) is 0 Å². The average molecular weight is 265 g/mol. The summed E-state index contributed by atoms with van der Waals surface area (Å²) in [5, 5.41) is 3.48. The van der Waals surface area contributed by atoms with Crippen molar-refractivity contribution >= 4 is 11.6 Å². The zero-order valence-electron chi connectivity index (χ0n) is 10.0. The van der Waals surface area contributed by atoms with Gasteiger partial charge in [-0.3, -0.25) is 4.98 Å². The summed E-state index contributed by atoms with van der Waals surface area (Å²) >= 11 is 5.66. The minimum Gasteiger partial charge on any atom is -0.306 e. The van der Waals surface area contributed by atoms with Crippen LogP contribution in [0.5, 0.6) is 0 Å². The van der Waals surface area contributed by atoms with Crippen molar-refractivity contribution in [2.45, 2.75) is 19.5 Å². The molecule has 0 aliphatic carbocycles. The van der Waals surface area contributed by atoms with Crippen molar-refractivity contribution in [2.24, 2.45) is 0 Å². The van der Waals surface area contributed by atoms with Crippen molar-refractivity contribution in [2.75, 3.05) is 0 Å². The van der Waals surface area contributed by atoms with Crippen molar-refractivity contribution in [1.82, 2.24) is 10.3 Å². The van der Waals surface area contributed by atoms with Gasteiger partial charge in [0.1, 0.15) is 5.82 Å². The molecule has 94 valence electrons. The first kappa shape index (κ1) is 13.0. The van der Waals surface area contributed by atoms with Gasteiger partial charge in [-0.2, -0.15) is 0 Å². The number of halogens is 2. The van der Waals surface area contributed by atoms with Gasteiger partial charge in [0.2, 0.25) is 0 Å². The van der Waals surface area contributed by atoms with Crippen molar-refractivity contribution in [1.29, 1.82) is 0 Å². The topological polar surface area (TPSA) is 24.9 Å². The lowest BCUT2D eigenvalue weighted by Crippen LogP contribution is -2.18. The molecule has 0 spiro atoms. The zero-order valence-corrected chi connectivity index (χ0v) is 10.8. The average Bonchev–Trinajstić information content (AvgIpc) is 2.40. The van der Waals surface area contributed by atoms with Crippen LogP contribution in [-0.2, 0) is 6.54 Å². The van der Waals surface area contributed by atoms with Gasteiger partial charge in [0.05, 0.1) is 5.02 Å². The van der Waals surface area contributed by atoms with E-state index in [4.69, 9.17) is 11.6 Å². The first-order chi connectivity index (χ1) is 8.66. The molecule has 0 amide bonds. The molecule has 0 saturated carbocycles. The second kappa shape index (κ2) is 5.94. The molecule has 1 unspecified atom stereocenters. The highest BCUT2D eigenvalue weighted by Crippen LogP contribution is 2.20. The summed E-state index contributed by atoms with van der Waals surface area (Å²) in [5.41, 5.74) is 2.03. The minimum absolute atomic E-state index is 0.0601. The second-order valence-corrected chi connectivity index (χ2v) is 4.54. The van der Waals surface area contributed by atoms with Crippen molar-refractivity contribution in [3.63, 3.8) is 0 Å². The number of aromatic nitrogens is 1. The third kappa shape index (κ3) is 3.28. The number of hydrogen-bond acceptors (Lipinski definition) is 2. The lowest BCUT2D eigenvalue weighted by atomic mass is 10.1. The molecule has 18 heavy (non-hydrogen) atoms. The number of nitrogens with zero attached hydrogens (tertiary/aromatic N) is 1. The fourth-order valence-corrected chi connectivity index (χ4v) is 1.79. The Bertz CT molecular complexity index is 516.